The molecule has 30 atom stereocenters. The SMILES string of the molecule is OC[C@H]1O[C@@H](O)[C@H](O)[C@@H](O[C@@H]2O[C@H](CO[C@H]3O[C@H](CO[C@@H]4O[C@H](CO)[C@@H](O)[C@H](O)[C@H]4O)[C@H](O)[C@H](O[C@@H]4O[C@H](CO)[C@H](O)[C@H](O[C@@H]5O[C@H](CO)[C@@H](O)[C@H](O)[C@H]5O)[C@H]4O)[C@H]3O)[C@@H](O)[C@H](O)[C@H]2O)[C@H]1O. The van der Waals surface area contributed by atoms with Crippen LogP contribution >= 0.6 is 0 Å². The van der Waals surface area contributed by atoms with Crippen LogP contribution in [0.15, 0.2) is 0 Å². The molecule has 6 aliphatic heterocycles. The van der Waals surface area contributed by atoms with Gasteiger partial charge in [-0.15, -0.1) is 0 Å². The molecule has 0 unspecified atom stereocenters. The topological polar surface area (TPSA) is 506 Å². The average Bonchev–Trinajstić information content (AvgIpc) is 3.31. The Bertz CT molecular complexity index is 1510. The third kappa shape index (κ3) is 11.5. The Morgan fingerprint density at radius 3 is 0.970 bits per heavy atom. The zero-order valence-electron chi connectivity index (χ0n) is 35.0. The van der Waals surface area contributed by atoms with E-state index in [4.69, 9.17) is 52.1 Å². The summed E-state index contributed by atoms with van der Waals surface area (Å²) in [4.78, 5) is 0. The number of aliphatic hydroxyl groups excluding tert-OH is 20. The second kappa shape index (κ2) is 23.5. The third-order valence-corrected chi connectivity index (χ3v) is 12.4. The Labute approximate surface area is 378 Å². The number of aliphatic hydroxyl groups is 20. The molecule has 31 heteroatoms. The number of hydrogen-bond acceptors (Lipinski definition) is 31. The van der Waals surface area contributed by atoms with E-state index in [1.807, 2.05) is 0 Å². The van der Waals surface area contributed by atoms with Crippen LogP contribution in [0.1, 0.15) is 0 Å². The van der Waals surface area contributed by atoms with Crippen molar-refractivity contribution in [2.75, 3.05) is 39.6 Å². The van der Waals surface area contributed by atoms with Gasteiger partial charge in [0.2, 0.25) is 0 Å². The van der Waals surface area contributed by atoms with Crippen molar-refractivity contribution in [1.29, 1.82) is 0 Å². The van der Waals surface area contributed by atoms with E-state index >= 15 is 0 Å². The van der Waals surface area contributed by atoms with E-state index in [1.165, 1.54) is 0 Å². The minimum absolute atomic E-state index is 0.853. The van der Waals surface area contributed by atoms with Crippen LogP contribution in [0, 0.1) is 0 Å². The summed E-state index contributed by atoms with van der Waals surface area (Å²) in [7, 11) is 0. The summed E-state index contributed by atoms with van der Waals surface area (Å²) in [6.45, 7) is -5.40. The van der Waals surface area contributed by atoms with Gasteiger partial charge in [0.1, 0.15) is 146 Å². The molecule has 20 N–H and O–H groups in total. The van der Waals surface area contributed by atoms with Crippen molar-refractivity contribution >= 4 is 0 Å². The minimum atomic E-state index is -2.20. The van der Waals surface area contributed by atoms with E-state index < -0.39 is 224 Å². The molecule has 6 rings (SSSR count). The van der Waals surface area contributed by atoms with Gasteiger partial charge in [0, 0.05) is 0 Å². The fourth-order valence-electron chi connectivity index (χ4n) is 8.29. The molecule has 6 aliphatic rings. The van der Waals surface area contributed by atoms with Gasteiger partial charge in [-0.2, -0.15) is 0 Å². The van der Waals surface area contributed by atoms with Crippen molar-refractivity contribution in [2.24, 2.45) is 0 Å². The highest BCUT2D eigenvalue weighted by molar-refractivity contribution is 4.99. The van der Waals surface area contributed by atoms with E-state index in [0.29, 0.717) is 0 Å². The highest BCUT2D eigenvalue weighted by Gasteiger charge is 2.56. The Morgan fingerprint density at radius 2 is 0.522 bits per heavy atom. The molecule has 6 saturated heterocycles. The van der Waals surface area contributed by atoms with E-state index in [2.05, 4.69) is 0 Å². The van der Waals surface area contributed by atoms with Gasteiger partial charge in [-0.1, -0.05) is 0 Å². The standard InChI is InChI=1S/C36H62O31/c37-1-7-13(41)19(47)22(50)32(60-7)57-6-12-18(46)30(67-36-27(55)29(17(45)10(4-40)62-36)66-34-23(51)20(48)14(42)8(2-38)61-34)26(54)33(63-12)58-5-11-15(43)21(49)24(52)35(64-11)65-28-16(44)9(3-39)59-31(56)25(28)53/h7-56H,1-6H2/t7-,8-,9-,10-,11-,12-,13-,14-,15-,16+,17+,18+,19+,20+,21+,22-,23-,24-,25-,26-,27-,28+,29+,30+,31-,32-,33+,34+,35+,36+/m1/s1. The van der Waals surface area contributed by atoms with E-state index in [1.54, 1.807) is 0 Å². The molecule has 0 spiro atoms. The zero-order chi connectivity index (χ0) is 49.3. The smallest absolute Gasteiger partial charge is 0.187 e. The van der Waals surface area contributed by atoms with Gasteiger partial charge in [0.25, 0.3) is 0 Å². The minimum Gasteiger partial charge on any atom is -0.394 e. The lowest BCUT2D eigenvalue weighted by atomic mass is 9.95. The van der Waals surface area contributed by atoms with Crippen molar-refractivity contribution in [3.63, 3.8) is 0 Å². The van der Waals surface area contributed by atoms with E-state index in [9.17, 15) is 102 Å². The fraction of sp³-hybridized carbons (Fsp3) is 1.00. The van der Waals surface area contributed by atoms with Gasteiger partial charge < -0.3 is 154 Å². The molecule has 6 heterocycles. The Balaban J connectivity index is 1.21. The number of rotatable bonds is 16. The molecule has 0 amide bonds. The van der Waals surface area contributed by atoms with E-state index in [0.717, 1.165) is 0 Å². The van der Waals surface area contributed by atoms with Crippen LogP contribution in [0.3, 0.4) is 0 Å². The predicted octanol–water partition coefficient (Wildman–Crippen LogP) is -14.1. The normalized spacial score (nSPS) is 53.4. The lowest BCUT2D eigenvalue weighted by Gasteiger charge is -2.48. The predicted molar refractivity (Wildman–Crippen MR) is 199 cm³/mol. The van der Waals surface area contributed by atoms with Crippen LogP contribution in [0.2, 0.25) is 0 Å². The van der Waals surface area contributed by atoms with Crippen molar-refractivity contribution in [3.05, 3.63) is 0 Å². The quantitative estimate of drug-likeness (QED) is 0.0683. The third-order valence-electron chi connectivity index (χ3n) is 12.4. The molecule has 0 aromatic rings. The van der Waals surface area contributed by atoms with Gasteiger partial charge in [-0.3, -0.25) is 0 Å². The van der Waals surface area contributed by atoms with Crippen LogP contribution in [0.25, 0.3) is 0 Å². The van der Waals surface area contributed by atoms with Gasteiger partial charge in [0.05, 0.1) is 39.6 Å². The van der Waals surface area contributed by atoms with Gasteiger partial charge >= 0.3 is 0 Å². The summed E-state index contributed by atoms with van der Waals surface area (Å²) < 4.78 is 60.6. The molecule has 67 heavy (non-hydrogen) atoms. The molecule has 0 saturated carbocycles. The zero-order valence-corrected chi connectivity index (χ0v) is 35.0. The largest absolute Gasteiger partial charge is 0.394 e. The van der Waals surface area contributed by atoms with Crippen LogP contribution in [0.4, 0.5) is 0 Å². The van der Waals surface area contributed by atoms with Crippen molar-refractivity contribution in [1.82, 2.24) is 0 Å². The molecular weight excluding hydrogens is 928 g/mol. The molecule has 6 fully saturated rings. The first-order valence-corrected chi connectivity index (χ1v) is 21.1. The van der Waals surface area contributed by atoms with Crippen LogP contribution in [0.5, 0.6) is 0 Å². The number of ether oxygens (including phenoxy) is 11. The highest BCUT2D eigenvalue weighted by Crippen LogP contribution is 2.35. The van der Waals surface area contributed by atoms with Gasteiger partial charge in [0.15, 0.2) is 37.7 Å². The van der Waals surface area contributed by atoms with Crippen molar-refractivity contribution < 1.29 is 154 Å². The molecule has 392 valence electrons. The summed E-state index contributed by atoms with van der Waals surface area (Å²) in [5.41, 5.74) is 0. The molecular formula is C36H62O31. The first-order valence-electron chi connectivity index (χ1n) is 21.1. The highest BCUT2D eigenvalue weighted by atomic mass is 16.8. The lowest BCUT2D eigenvalue weighted by Crippen LogP contribution is -2.67. The van der Waals surface area contributed by atoms with Crippen LogP contribution < -0.4 is 0 Å². The summed E-state index contributed by atoms with van der Waals surface area (Å²) in [6.07, 6.45) is -57.5. The van der Waals surface area contributed by atoms with Gasteiger partial charge in [-0.25, -0.2) is 0 Å². The maximum absolute atomic E-state index is 11.6. The van der Waals surface area contributed by atoms with Gasteiger partial charge in [-0.05, 0) is 0 Å². The Hall–Kier alpha value is -1.24. The monoisotopic (exact) mass is 990 g/mol. The maximum atomic E-state index is 11.6. The average molecular weight is 991 g/mol. The van der Waals surface area contributed by atoms with Crippen molar-refractivity contribution in [3.8, 4) is 0 Å². The van der Waals surface area contributed by atoms with Crippen LogP contribution in [-0.4, -0.2) is 326 Å². The molecule has 0 aromatic carbocycles. The second-order valence-electron chi connectivity index (χ2n) is 16.8. The van der Waals surface area contributed by atoms with Crippen LogP contribution in [-0.2, 0) is 52.1 Å². The second-order valence-corrected chi connectivity index (χ2v) is 16.8. The Kier molecular flexibility index (Phi) is 19.4. The lowest BCUT2D eigenvalue weighted by molar-refractivity contribution is -0.386. The van der Waals surface area contributed by atoms with Crippen molar-refractivity contribution in [2.45, 2.75) is 184 Å². The fourth-order valence-corrected chi connectivity index (χ4v) is 8.29. The molecule has 0 radical (unpaired) electrons. The summed E-state index contributed by atoms with van der Waals surface area (Å²) in [5, 5.41) is 210. The Morgan fingerprint density at radius 1 is 0.254 bits per heavy atom. The molecule has 31 nitrogen and oxygen atoms in total. The number of hydrogen-bond donors (Lipinski definition) is 20. The first kappa shape index (κ1) is 55.1. The first-order chi connectivity index (χ1) is 31.7. The molecule has 0 aromatic heterocycles. The summed E-state index contributed by atoms with van der Waals surface area (Å²) in [6, 6.07) is 0. The summed E-state index contributed by atoms with van der Waals surface area (Å²) >= 11 is 0. The molecule has 0 bridgehead atoms. The van der Waals surface area contributed by atoms with E-state index in [-0.39, 0.29) is 0 Å². The maximum Gasteiger partial charge on any atom is 0.187 e. The summed E-state index contributed by atoms with van der Waals surface area (Å²) in [5.74, 6) is 0. The molecule has 0 aliphatic carbocycles.